The first-order valence-electron chi connectivity index (χ1n) is 4.60. The van der Waals surface area contributed by atoms with E-state index in [2.05, 4.69) is 8.92 Å². The van der Waals surface area contributed by atoms with E-state index >= 15 is 0 Å². The third kappa shape index (κ3) is 3.82. The van der Waals surface area contributed by atoms with Crippen LogP contribution in [0.4, 0.5) is 0 Å². The van der Waals surface area contributed by atoms with E-state index < -0.39 is 47.7 Å². The van der Waals surface area contributed by atoms with E-state index in [0.717, 1.165) is 0 Å². The summed E-state index contributed by atoms with van der Waals surface area (Å²) < 4.78 is 42.6. The van der Waals surface area contributed by atoms with Gasteiger partial charge < -0.3 is 24.8 Å². The molecule has 1 rings (SSSR count). The first-order chi connectivity index (χ1) is 7.76. The number of aliphatic hydroxyl groups excluding tert-OH is 3. The zero-order chi connectivity index (χ0) is 13.2. The van der Waals surface area contributed by atoms with Crippen LogP contribution in [0.5, 0.6) is 0 Å². The largest absolute Gasteiger partial charge is 0.397 e. The van der Waals surface area contributed by atoms with Crippen molar-refractivity contribution < 1.29 is 41.9 Å². The van der Waals surface area contributed by atoms with Crippen LogP contribution in [0.2, 0.25) is 0 Å². The molecule has 0 aliphatic carbocycles. The Balaban J connectivity index is 2.66. The fourth-order valence-electron chi connectivity index (χ4n) is 1.40. The van der Waals surface area contributed by atoms with E-state index in [1.165, 1.54) is 7.11 Å². The first-order valence-corrected chi connectivity index (χ1v) is 5.97. The normalized spacial score (nSPS) is 39.2. The summed E-state index contributed by atoms with van der Waals surface area (Å²) in [6, 6.07) is 0. The molecule has 0 aromatic carbocycles. The molecule has 0 bridgehead atoms. The summed E-state index contributed by atoms with van der Waals surface area (Å²) in [5, 5.41) is 28.3. The Morgan fingerprint density at radius 2 is 1.76 bits per heavy atom. The number of hydrogen-bond acceptors (Lipinski definition) is 8. The number of methoxy groups -OCH3 is 1. The summed E-state index contributed by atoms with van der Waals surface area (Å²) in [7, 11) is -3.48. The summed E-state index contributed by atoms with van der Waals surface area (Å²) in [5.41, 5.74) is 0. The van der Waals surface area contributed by atoms with Crippen LogP contribution in [0.3, 0.4) is 0 Å². The Morgan fingerprint density at radius 1 is 1.18 bits per heavy atom. The molecule has 1 aliphatic rings. The Bertz CT molecular complexity index is 339. The molecule has 0 saturated carbocycles. The molecule has 0 aromatic rings. The quantitative estimate of drug-likeness (QED) is 0.401. The van der Waals surface area contributed by atoms with Crippen molar-refractivity contribution in [3.8, 4) is 0 Å². The Morgan fingerprint density at radius 3 is 2.24 bits per heavy atom. The summed E-state index contributed by atoms with van der Waals surface area (Å²) in [4.78, 5) is 0. The Labute approximate surface area is 97.5 Å². The van der Waals surface area contributed by atoms with E-state index in [9.17, 15) is 23.7 Å². The van der Waals surface area contributed by atoms with Crippen LogP contribution < -0.4 is 0 Å². The molecule has 0 aromatic heterocycles. The van der Waals surface area contributed by atoms with Gasteiger partial charge in [0, 0.05) is 7.11 Å². The van der Waals surface area contributed by atoms with Crippen molar-refractivity contribution in [2.75, 3.05) is 13.7 Å². The van der Waals surface area contributed by atoms with Gasteiger partial charge in [-0.15, -0.1) is 0 Å². The average Bonchev–Trinajstić information content (AvgIpc) is 2.24. The SMILES string of the molecule is COC1O[C@H](COS(=O)(=O)O)[C@H](O)[C@H](O)[C@H]1O. The van der Waals surface area contributed by atoms with Gasteiger partial charge in [0.25, 0.3) is 0 Å². The summed E-state index contributed by atoms with van der Waals surface area (Å²) in [6.07, 6.45) is -7.12. The highest BCUT2D eigenvalue weighted by Crippen LogP contribution is 2.22. The standard InChI is InChI=1S/C7H14O9S/c1-14-7-6(10)5(9)4(8)3(16-7)2-15-17(11,12)13/h3-10H,2H2,1H3,(H,11,12,13)/t3-,4+,5+,6-,7?/m1/s1. The lowest BCUT2D eigenvalue weighted by atomic mass is 9.99. The summed E-state index contributed by atoms with van der Waals surface area (Å²) >= 11 is 0. The van der Waals surface area contributed by atoms with Crippen molar-refractivity contribution in [3.05, 3.63) is 0 Å². The third-order valence-electron chi connectivity index (χ3n) is 2.28. The van der Waals surface area contributed by atoms with Gasteiger partial charge in [-0.05, 0) is 0 Å². The highest BCUT2D eigenvalue weighted by molar-refractivity contribution is 7.80. The predicted octanol–water partition coefficient (Wildman–Crippen LogP) is -2.74. The average molecular weight is 274 g/mol. The van der Waals surface area contributed by atoms with E-state index in [4.69, 9.17) is 9.29 Å². The molecule has 5 atom stereocenters. The lowest BCUT2D eigenvalue weighted by molar-refractivity contribution is -0.293. The van der Waals surface area contributed by atoms with Crippen molar-refractivity contribution in [2.45, 2.75) is 30.7 Å². The molecule has 4 N–H and O–H groups in total. The zero-order valence-corrected chi connectivity index (χ0v) is 9.65. The van der Waals surface area contributed by atoms with Crippen LogP contribution in [-0.4, -0.2) is 72.7 Å². The number of rotatable bonds is 4. The van der Waals surface area contributed by atoms with Gasteiger partial charge in [-0.2, -0.15) is 8.42 Å². The first kappa shape index (κ1) is 14.7. The second-order valence-electron chi connectivity index (χ2n) is 3.46. The minimum atomic E-state index is -4.68. The van der Waals surface area contributed by atoms with Crippen LogP contribution in [0.25, 0.3) is 0 Å². The molecule has 0 radical (unpaired) electrons. The van der Waals surface area contributed by atoms with Crippen LogP contribution in [0.15, 0.2) is 0 Å². The van der Waals surface area contributed by atoms with Crippen molar-refractivity contribution in [1.82, 2.24) is 0 Å². The molecule has 0 amide bonds. The number of ether oxygens (including phenoxy) is 2. The van der Waals surface area contributed by atoms with E-state index in [0.29, 0.717) is 0 Å². The van der Waals surface area contributed by atoms with E-state index in [-0.39, 0.29) is 0 Å². The van der Waals surface area contributed by atoms with Gasteiger partial charge in [0.1, 0.15) is 24.4 Å². The smallest absolute Gasteiger partial charge is 0.387 e. The minimum Gasteiger partial charge on any atom is -0.387 e. The van der Waals surface area contributed by atoms with Gasteiger partial charge in [-0.25, -0.2) is 4.18 Å². The van der Waals surface area contributed by atoms with Crippen LogP contribution >= 0.6 is 0 Å². The molecule has 1 aliphatic heterocycles. The maximum atomic E-state index is 10.3. The number of hydrogen-bond donors (Lipinski definition) is 4. The van der Waals surface area contributed by atoms with Gasteiger partial charge >= 0.3 is 10.4 Å². The van der Waals surface area contributed by atoms with Gasteiger partial charge in [0.15, 0.2) is 6.29 Å². The van der Waals surface area contributed by atoms with Gasteiger partial charge in [0.2, 0.25) is 0 Å². The van der Waals surface area contributed by atoms with Crippen molar-refractivity contribution >= 4 is 10.4 Å². The van der Waals surface area contributed by atoms with Crippen LogP contribution in [0, 0.1) is 0 Å². The van der Waals surface area contributed by atoms with Crippen LogP contribution in [-0.2, 0) is 24.1 Å². The molecule has 10 heteroatoms. The molecular weight excluding hydrogens is 260 g/mol. The predicted molar refractivity (Wildman–Crippen MR) is 51.2 cm³/mol. The van der Waals surface area contributed by atoms with Crippen molar-refractivity contribution in [2.24, 2.45) is 0 Å². The molecule has 9 nitrogen and oxygen atoms in total. The summed E-state index contributed by atoms with van der Waals surface area (Å²) in [5.74, 6) is 0. The molecular formula is C7H14O9S. The monoisotopic (exact) mass is 274 g/mol. The maximum absolute atomic E-state index is 10.3. The molecule has 1 unspecified atom stereocenters. The van der Waals surface area contributed by atoms with E-state index in [1.807, 2.05) is 0 Å². The lowest BCUT2D eigenvalue weighted by Gasteiger charge is -2.39. The second kappa shape index (κ2) is 5.54. The minimum absolute atomic E-state index is 0.719. The Hall–Kier alpha value is -0.330. The molecule has 1 fully saturated rings. The molecule has 1 heterocycles. The lowest BCUT2D eigenvalue weighted by Crippen LogP contribution is -2.59. The fourth-order valence-corrected chi connectivity index (χ4v) is 1.71. The highest BCUT2D eigenvalue weighted by atomic mass is 32.3. The van der Waals surface area contributed by atoms with E-state index in [1.54, 1.807) is 0 Å². The van der Waals surface area contributed by atoms with Gasteiger partial charge in [0.05, 0.1) is 6.61 Å². The third-order valence-corrected chi connectivity index (χ3v) is 2.72. The molecule has 0 spiro atoms. The molecule has 1 saturated heterocycles. The van der Waals surface area contributed by atoms with Gasteiger partial charge in [-0.3, -0.25) is 4.55 Å². The van der Waals surface area contributed by atoms with Crippen LogP contribution in [0.1, 0.15) is 0 Å². The second-order valence-corrected chi connectivity index (χ2v) is 4.55. The summed E-state index contributed by atoms with van der Waals surface area (Å²) in [6.45, 7) is -0.719. The van der Waals surface area contributed by atoms with Gasteiger partial charge in [-0.1, -0.05) is 0 Å². The highest BCUT2D eigenvalue weighted by Gasteiger charge is 2.44. The fraction of sp³-hybridized carbons (Fsp3) is 1.00. The zero-order valence-electron chi connectivity index (χ0n) is 8.83. The number of aliphatic hydroxyl groups is 3. The Kier molecular flexibility index (Phi) is 4.80. The molecule has 102 valence electrons. The van der Waals surface area contributed by atoms with Crippen molar-refractivity contribution in [1.29, 1.82) is 0 Å². The van der Waals surface area contributed by atoms with Crippen molar-refractivity contribution in [3.63, 3.8) is 0 Å². The topological polar surface area (TPSA) is 143 Å². The maximum Gasteiger partial charge on any atom is 0.397 e. The molecule has 17 heavy (non-hydrogen) atoms.